The molecule has 1 unspecified atom stereocenters. The Morgan fingerprint density at radius 1 is 1.30 bits per heavy atom. The number of nitrogens with zero attached hydrogens (tertiary/aromatic N) is 2. The van der Waals surface area contributed by atoms with Crippen molar-refractivity contribution in [3.8, 4) is 5.75 Å². The summed E-state index contributed by atoms with van der Waals surface area (Å²) in [5.41, 5.74) is 1.22. The predicted molar refractivity (Wildman–Crippen MR) is 114 cm³/mol. The van der Waals surface area contributed by atoms with Crippen molar-refractivity contribution >= 4 is 39.9 Å². The van der Waals surface area contributed by atoms with Crippen LogP contribution in [0.1, 0.15) is 35.6 Å². The summed E-state index contributed by atoms with van der Waals surface area (Å²) in [6.07, 6.45) is 0.117. The summed E-state index contributed by atoms with van der Waals surface area (Å²) in [6.45, 7) is 6.21. The highest BCUT2D eigenvalue weighted by Crippen LogP contribution is 2.29. The number of thiazole rings is 1. The molecule has 1 aromatic carbocycles. The molecule has 0 saturated carbocycles. The second-order valence-electron chi connectivity index (χ2n) is 7.52. The zero-order valence-corrected chi connectivity index (χ0v) is 18.2. The lowest BCUT2D eigenvalue weighted by molar-refractivity contribution is -0.122. The SMILES string of the molecule is COc1ccc(N2CC(C(=O)Nc3nc(C)c(C(=O)OCC(C)C)s3)CC2=O)cc1. The average molecular weight is 432 g/mol. The van der Waals surface area contributed by atoms with E-state index >= 15 is 0 Å². The number of aromatic nitrogens is 1. The quantitative estimate of drug-likeness (QED) is 0.676. The maximum absolute atomic E-state index is 12.7. The third-order valence-corrected chi connectivity index (χ3v) is 5.69. The molecule has 160 valence electrons. The van der Waals surface area contributed by atoms with Crippen molar-refractivity contribution in [2.24, 2.45) is 11.8 Å². The number of amides is 2. The molecule has 1 aliphatic heterocycles. The first-order chi connectivity index (χ1) is 14.3. The normalized spacial score (nSPS) is 16.1. The summed E-state index contributed by atoms with van der Waals surface area (Å²) in [7, 11) is 1.58. The molecule has 2 amide bonds. The van der Waals surface area contributed by atoms with Gasteiger partial charge in [-0.25, -0.2) is 9.78 Å². The number of ether oxygens (including phenoxy) is 2. The fourth-order valence-corrected chi connectivity index (χ4v) is 3.91. The van der Waals surface area contributed by atoms with Crippen molar-refractivity contribution in [1.82, 2.24) is 4.98 Å². The first kappa shape index (κ1) is 21.8. The number of rotatable bonds is 7. The fourth-order valence-electron chi connectivity index (χ4n) is 3.05. The fraction of sp³-hybridized carbons (Fsp3) is 0.429. The summed E-state index contributed by atoms with van der Waals surface area (Å²) < 4.78 is 10.4. The molecule has 1 aliphatic rings. The molecule has 0 radical (unpaired) electrons. The molecule has 9 heteroatoms. The van der Waals surface area contributed by atoms with Gasteiger partial charge >= 0.3 is 5.97 Å². The second-order valence-corrected chi connectivity index (χ2v) is 8.52. The Hall–Kier alpha value is -2.94. The van der Waals surface area contributed by atoms with Gasteiger partial charge in [0.05, 0.1) is 25.3 Å². The van der Waals surface area contributed by atoms with E-state index in [2.05, 4.69) is 10.3 Å². The van der Waals surface area contributed by atoms with Crippen LogP contribution in [0.2, 0.25) is 0 Å². The van der Waals surface area contributed by atoms with Gasteiger partial charge in [-0.2, -0.15) is 0 Å². The Labute approximate surface area is 179 Å². The molecule has 0 aliphatic carbocycles. The van der Waals surface area contributed by atoms with E-state index in [4.69, 9.17) is 9.47 Å². The number of carbonyl (C=O) groups is 3. The molecule has 30 heavy (non-hydrogen) atoms. The number of aryl methyl sites for hydroxylation is 1. The van der Waals surface area contributed by atoms with Crippen molar-refractivity contribution in [3.63, 3.8) is 0 Å². The standard InChI is InChI=1S/C21H25N3O5S/c1-12(2)11-29-20(27)18-13(3)22-21(30-18)23-19(26)14-9-17(25)24(10-14)15-5-7-16(28-4)8-6-15/h5-8,12,14H,9-11H2,1-4H3,(H,22,23,26). The molecule has 1 atom stereocenters. The molecule has 8 nitrogen and oxygen atoms in total. The van der Waals surface area contributed by atoms with Gasteiger partial charge in [0.2, 0.25) is 11.8 Å². The molecular weight excluding hydrogens is 406 g/mol. The number of benzene rings is 1. The molecule has 2 heterocycles. The molecule has 1 saturated heterocycles. The maximum atomic E-state index is 12.7. The molecule has 2 aromatic rings. The van der Waals surface area contributed by atoms with E-state index in [1.54, 1.807) is 43.2 Å². The third kappa shape index (κ3) is 4.96. The Morgan fingerprint density at radius 3 is 2.63 bits per heavy atom. The minimum absolute atomic E-state index is 0.117. The number of hydrogen-bond donors (Lipinski definition) is 1. The number of methoxy groups -OCH3 is 1. The third-order valence-electron chi connectivity index (χ3n) is 4.64. The van der Waals surface area contributed by atoms with E-state index < -0.39 is 11.9 Å². The lowest BCUT2D eigenvalue weighted by atomic mass is 10.1. The van der Waals surface area contributed by atoms with E-state index in [0.717, 1.165) is 17.0 Å². The first-order valence-electron chi connectivity index (χ1n) is 9.68. The Morgan fingerprint density at radius 2 is 2.00 bits per heavy atom. The summed E-state index contributed by atoms with van der Waals surface area (Å²) >= 11 is 1.08. The maximum Gasteiger partial charge on any atom is 0.350 e. The van der Waals surface area contributed by atoms with Crippen LogP contribution in [0.4, 0.5) is 10.8 Å². The van der Waals surface area contributed by atoms with E-state index in [1.807, 2.05) is 13.8 Å². The van der Waals surface area contributed by atoms with Gasteiger partial charge in [0.25, 0.3) is 0 Å². The lowest BCUT2D eigenvalue weighted by Crippen LogP contribution is -2.28. The zero-order valence-electron chi connectivity index (χ0n) is 17.4. The number of anilines is 2. The van der Waals surface area contributed by atoms with Crippen molar-refractivity contribution in [1.29, 1.82) is 0 Å². The number of nitrogens with one attached hydrogen (secondary N) is 1. The van der Waals surface area contributed by atoms with Crippen LogP contribution in [-0.4, -0.2) is 43.0 Å². The van der Waals surface area contributed by atoms with E-state index in [9.17, 15) is 14.4 Å². The van der Waals surface area contributed by atoms with Gasteiger partial charge in [-0.3, -0.25) is 9.59 Å². The topological polar surface area (TPSA) is 97.8 Å². The Bertz CT molecular complexity index is 939. The number of carbonyl (C=O) groups excluding carboxylic acids is 3. The van der Waals surface area contributed by atoms with Crippen LogP contribution in [0.15, 0.2) is 24.3 Å². The van der Waals surface area contributed by atoms with Gasteiger partial charge in [0, 0.05) is 18.7 Å². The Kier molecular flexibility index (Phi) is 6.71. The van der Waals surface area contributed by atoms with Gasteiger partial charge in [-0.15, -0.1) is 0 Å². The van der Waals surface area contributed by atoms with Crippen LogP contribution in [0.5, 0.6) is 5.75 Å². The first-order valence-corrected chi connectivity index (χ1v) is 10.5. The summed E-state index contributed by atoms with van der Waals surface area (Å²) in [6, 6.07) is 7.12. The van der Waals surface area contributed by atoms with E-state index in [0.29, 0.717) is 28.1 Å². The van der Waals surface area contributed by atoms with Crippen molar-refractivity contribution in [2.75, 3.05) is 30.5 Å². The summed E-state index contributed by atoms with van der Waals surface area (Å²) in [5, 5.41) is 3.06. The highest BCUT2D eigenvalue weighted by Gasteiger charge is 2.35. The van der Waals surface area contributed by atoms with Gasteiger partial charge in [-0.1, -0.05) is 25.2 Å². The molecule has 0 bridgehead atoms. The molecule has 3 rings (SSSR count). The minimum Gasteiger partial charge on any atom is -0.497 e. The summed E-state index contributed by atoms with van der Waals surface area (Å²) in [4.78, 5) is 43.5. The highest BCUT2D eigenvalue weighted by molar-refractivity contribution is 7.17. The van der Waals surface area contributed by atoms with Gasteiger partial charge in [0.15, 0.2) is 5.13 Å². The highest BCUT2D eigenvalue weighted by atomic mass is 32.1. The lowest BCUT2D eigenvalue weighted by Gasteiger charge is -2.16. The zero-order chi connectivity index (χ0) is 21.8. The largest absolute Gasteiger partial charge is 0.497 e. The smallest absolute Gasteiger partial charge is 0.350 e. The number of hydrogen-bond acceptors (Lipinski definition) is 7. The molecule has 1 aromatic heterocycles. The van der Waals surface area contributed by atoms with Crippen LogP contribution < -0.4 is 15.0 Å². The van der Waals surface area contributed by atoms with E-state index in [-0.39, 0.29) is 30.7 Å². The van der Waals surface area contributed by atoms with Gasteiger partial charge in [-0.05, 0) is 37.1 Å². The van der Waals surface area contributed by atoms with Crippen molar-refractivity contribution in [3.05, 3.63) is 34.8 Å². The van der Waals surface area contributed by atoms with Crippen LogP contribution in [0.25, 0.3) is 0 Å². The van der Waals surface area contributed by atoms with Crippen LogP contribution in [-0.2, 0) is 14.3 Å². The van der Waals surface area contributed by atoms with Gasteiger partial charge in [0.1, 0.15) is 10.6 Å². The van der Waals surface area contributed by atoms with Crippen LogP contribution >= 0.6 is 11.3 Å². The number of esters is 1. The second kappa shape index (κ2) is 9.25. The monoisotopic (exact) mass is 431 g/mol. The summed E-state index contributed by atoms with van der Waals surface area (Å²) in [5.74, 6) is -0.429. The van der Waals surface area contributed by atoms with Crippen LogP contribution in [0, 0.1) is 18.8 Å². The minimum atomic E-state index is -0.500. The predicted octanol–water partition coefficient (Wildman–Crippen LogP) is 3.26. The Balaban J connectivity index is 1.63. The molecular formula is C21H25N3O5S. The van der Waals surface area contributed by atoms with Gasteiger partial charge < -0.3 is 19.7 Å². The average Bonchev–Trinajstić information content (AvgIpc) is 3.28. The van der Waals surface area contributed by atoms with Crippen LogP contribution in [0.3, 0.4) is 0 Å². The van der Waals surface area contributed by atoms with Crippen molar-refractivity contribution in [2.45, 2.75) is 27.2 Å². The van der Waals surface area contributed by atoms with E-state index in [1.165, 1.54) is 0 Å². The molecule has 1 fully saturated rings. The van der Waals surface area contributed by atoms with Crippen molar-refractivity contribution < 1.29 is 23.9 Å². The molecule has 1 N–H and O–H groups in total. The molecule has 0 spiro atoms.